The van der Waals surface area contributed by atoms with Gasteiger partial charge in [-0.25, -0.2) is 18.5 Å². The number of halogens is 5. The highest BCUT2D eigenvalue weighted by Crippen LogP contribution is 2.39. The maximum atomic E-state index is 14.5. The first-order valence-electron chi connectivity index (χ1n) is 6.93. The molecule has 146 valence electrons. The number of hydrogen-bond donors (Lipinski definition) is 2. The molecule has 27 heavy (non-hydrogen) atoms. The van der Waals surface area contributed by atoms with E-state index in [4.69, 9.17) is 22.1 Å². The molecule has 0 aliphatic carbocycles. The number of rotatable bonds is 3. The van der Waals surface area contributed by atoms with E-state index in [1.807, 2.05) is 5.32 Å². The van der Waals surface area contributed by atoms with E-state index >= 15 is 0 Å². The number of benzene rings is 1. The summed E-state index contributed by atoms with van der Waals surface area (Å²) in [5.74, 6) is -1.65. The van der Waals surface area contributed by atoms with Crippen LogP contribution in [-0.4, -0.2) is 22.3 Å². The number of nitrogens with one attached hydrogen (secondary N) is 1. The number of urea groups is 1. The first-order valence-corrected chi connectivity index (χ1v) is 7.31. The Kier molecular flexibility index (Phi) is 5.22. The van der Waals surface area contributed by atoms with Crippen molar-refractivity contribution in [3.8, 4) is 11.4 Å². The Bertz CT molecular complexity index is 1050. The van der Waals surface area contributed by atoms with Crippen LogP contribution >= 0.6 is 11.6 Å². The Morgan fingerprint density at radius 2 is 1.89 bits per heavy atom. The summed E-state index contributed by atoms with van der Waals surface area (Å²) in [6.07, 6.45) is -5.00. The molecule has 1 heterocycles. The minimum absolute atomic E-state index is 0.0920. The quantitative estimate of drug-likeness (QED) is 0.753. The molecule has 0 atom stereocenters. The molecule has 0 radical (unpaired) electrons. The highest BCUT2D eigenvalue weighted by Gasteiger charge is 2.35. The second-order valence-electron chi connectivity index (χ2n) is 5.13. The fraction of sp³-hybridized carbons (Fsp3) is 0.214. The number of nitrogens with zero attached hydrogens (tertiary/aromatic N) is 2. The molecule has 3 N–H and O–H groups in total. The van der Waals surface area contributed by atoms with Crippen molar-refractivity contribution < 1.29 is 27.1 Å². The van der Waals surface area contributed by atoms with Crippen LogP contribution in [-0.2, 0) is 13.2 Å². The molecule has 0 aliphatic heterocycles. The number of carbonyl (C=O) groups excluding carboxylic acids is 1. The van der Waals surface area contributed by atoms with Gasteiger partial charge in [0.15, 0.2) is 11.6 Å². The fourth-order valence-corrected chi connectivity index (χ4v) is 2.62. The maximum Gasteiger partial charge on any atom is 0.431 e. The van der Waals surface area contributed by atoms with Gasteiger partial charge >= 0.3 is 17.9 Å². The smallest absolute Gasteiger partial charge is 0.431 e. The van der Waals surface area contributed by atoms with Gasteiger partial charge in [-0.15, -0.1) is 0 Å². The Morgan fingerprint density at radius 1 is 1.30 bits per heavy atom. The summed E-state index contributed by atoms with van der Waals surface area (Å²) in [5, 5.41) is 1.60. The monoisotopic (exact) mass is 410 g/mol. The highest BCUT2D eigenvalue weighted by molar-refractivity contribution is 6.32. The van der Waals surface area contributed by atoms with Crippen LogP contribution in [0.3, 0.4) is 0 Å². The summed E-state index contributed by atoms with van der Waals surface area (Å²) in [4.78, 5) is 35.8. The summed E-state index contributed by atoms with van der Waals surface area (Å²) < 4.78 is 58.5. The van der Waals surface area contributed by atoms with Gasteiger partial charge in [0.1, 0.15) is 17.1 Å². The summed E-state index contributed by atoms with van der Waals surface area (Å²) in [6, 6.07) is -0.463. The van der Waals surface area contributed by atoms with Gasteiger partial charge in [-0.3, -0.25) is 9.36 Å². The van der Waals surface area contributed by atoms with Gasteiger partial charge in [-0.05, 0) is 6.07 Å². The Labute approximate surface area is 152 Å². The average molecular weight is 411 g/mol. The zero-order chi connectivity index (χ0) is 20.7. The van der Waals surface area contributed by atoms with E-state index in [0.29, 0.717) is 6.07 Å². The number of anilines is 1. The van der Waals surface area contributed by atoms with Crippen molar-refractivity contribution in [2.45, 2.75) is 6.18 Å². The molecule has 8 nitrogen and oxygen atoms in total. The molecule has 0 aliphatic rings. The minimum atomic E-state index is -5.00. The zero-order valence-corrected chi connectivity index (χ0v) is 14.4. The first-order chi connectivity index (χ1) is 12.4. The SMILES string of the molecule is COc1c(Cl)cc(F)c(-n2c(=O)cc(C(F)(F)F)n(C)c2=O)c1NC(N)=O. The molecule has 0 saturated heterocycles. The van der Waals surface area contributed by atoms with Crippen LogP contribution in [0.15, 0.2) is 21.7 Å². The van der Waals surface area contributed by atoms with E-state index in [1.54, 1.807) is 0 Å². The molecular weight excluding hydrogens is 400 g/mol. The predicted octanol–water partition coefficient (Wildman–Crippen LogP) is 1.85. The molecule has 0 spiro atoms. The standard InChI is InChI=1S/C14H11ClF4N4O4/c1-22-7(14(17,18)19)4-8(24)23(13(22)26)10-6(16)3-5(15)11(27-2)9(10)21-12(20)25/h3-4H,1-2H3,(H3,20,21,25). The molecular formula is C14H11ClF4N4O4. The number of nitrogens with two attached hydrogens (primary N) is 1. The van der Waals surface area contributed by atoms with Crippen molar-refractivity contribution in [1.82, 2.24) is 9.13 Å². The van der Waals surface area contributed by atoms with Gasteiger partial charge in [0, 0.05) is 13.1 Å². The van der Waals surface area contributed by atoms with Gasteiger partial charge < -0.3 is 15.8 Å². The largest absolute Gasteiger partial charge is 0.493 e. The molecule has 2 aromatic rings. The van der Waals surface area contributed by atoms with Crippen LogP contribution in [0.5, 0.6) is 5.75 Å². The van der Waals surface area contributed by atoms with E-state index in [1.165, 1.54) is 0 Å². The van der Waals surface area contributed by atoms with Gasteiger partial charge in [-0.1, -0.05) is 11.6 Å². The maximum absolute atomic E-state index is 14.5. The predicted molar refractivity (Wildman–Crippen MR) is 87.0 cm³/mol. The van der Waals surface area contributed by atoms with Crippen molar-refractivity contribution in [3.05, 3.63) is 49.5 Å². The third kappa shape index (κ3) is 3.60. The van der Waals surface area contributed by atoms with Crippen molar-refractivity contribution in [1.29, 1.82) is 0 Å². The molecule has 2 rings (SSSR count). The topological polar surface area (TPSA) is 108 Å². The van der Waals surface area contributed by atoms with E-state index in [0.717, 1.165) is 14.2 Å². The normalized spacial score (nSPS) is 11.4. The molecule has 2 amide bonds. The van der Waals surface area contributed by atoms with Crippen molar-refractivity contribution in [2.75, 3.05) is 12.4 Å². The van der Waals surface area contributed by atoms with Gasteiger partial charge in [-0.2, -0.15) is 13.2 Å². The number of alkyl halides is 3. The van der Waals surface area contributed by atoms with Crippen LogP contribution < -0.4 is 27.0 Å². The van der Waals surface area contributed by atoms with Crippen LogP contribution in [0.4, 0.5) is 28.0 Å². The number of hydrogen-bond acceptors (Lipinski definition) is 4. The third-order valence-corrected chi connectivity index (χ3v) is 3.73. The summed E-state index contributed by atoms with van der Waals surface area (Å²) in [7, 11) is 1.83. The number of primary amides is 1. The van der Waals surface area contributed by atoms with Crippen molar-refractivity contribution in [2.24, 2.45) is 12.8 Å². The second kappa shape index (κ2) is 6.95. The minimum Gasteiger partial charge on any atom is -0.493 e. The van der Waals surface area contributed by atoms with Gasteiger partial charge in [0.05, 0.1) is 12.1 Å². The lowest BCUT2D eigenvalue weighted by Crippen LogP contribution is -2.41. The lowest BCUT2D eigenvalue weighted by molar-refractivity contribution is -0.144. The van der Waals surface area contributed by atoms with Crippen LogP contribution in [0, 0.1) is 5.82 Å². The molecule has 0 bridgehead atoms. The lowest BCUT2D eigenvalue weighted by Gasteiger charge is -2.19. The molecule has 0 saturated carbocycles. The number of carbonyl (C=O) groups is 1. The van der Waals surface area contributed by atoms with E-state index < -0.39 is 46.3 Å². The molecule has 13 heteroatoms. The Hall–Kier alpha value is -3.02. The third-order valence-electron chi connectivity index (χ3n) is 3.45. The molecule has 1 aromatic heterocycles. The van der Waals surface area contributed by atoms with Crippen molar-refractivity contribution >= 4 is 23.3 Å². The second-order valence-corrected chi connectivity index (χ2v) is 5.54. The number of methoxy groups -OCH3 is 1. The van der Waals surface area contributed by atoms with E-state index in [2.05, 4.69) is 0 Å². The fourth-order valence-electron chi connectivity index (χ4n) is 2.35. The van der Waals surface area contributed by atoms with Crippen molar-refractivity contribution in [3.63, 3.8) is 0 Å². The Balaban J connectivity index is 2.99. The summed E-state index contributed by atoms with van der Waals surface area (Å²) in [5.41, 5.74) is -1.05. The number of aromatic nitrogens is 2. The Morgan fingerprint density at radius 3 is 2.37 bits per heavy atom. The number of amides is 2. The highest BCUT2D eigenvalue weighted by atomic mass is 35.5. The zero-order valence-electron chi connectivity index (χ0n) is 13.6. The van der Waals surface area contributed by atoms with Crippen LogP contribution in [0.1, 0.15) is 5.69 Å². The van der Waals surface area contributed by atoms with Crippen LogP contribution in [0.25, 0.3) is 5.69 Å². The van der Waals surface area contributed by atoms with Gasteiger partial charge in [0.25, 0.3) is 5.56 Å². The lowest BCUT2D eigenvalue weighted by atomic mass is 10.2. The summed E-state index contributed by atoms with van der Waals surface area (Å²) in [6.45, 7) is 0. The summed E-state index contributed by atoms with van der Waals surface area (Å²) >= 11 is 5.80. The molecule has 0 unspecified atom stereocenters. The van der Waals surface area contributed by atoms with Gasteiger partial charge in [0.2, 0.25) is 0 Å². The van der Waals surface area contributed by atoms with E-state index in [9.17, 15) is 31.9 Å². The molecule has 0 fully saturated rings. The number of ether oxygens (including phenoxy) is 1. The first kappa shape index (κ1) is 20.3. The van der Waals surface area contributed by atoms with E-state index in [-0.39, 0.29) is 26.0 Å². The van der Waals surface area contributed by atoms with Crippen LogP contribution in [0.2, 0.25) is 5.02 Å². The average Bonchev–Trinajstić information content (AvgIpc) is 2.52. The molecule has 1 aromatic carbocycles.